The average Bonchev–Trinajstić information content (AvgIpc) is 2.60. The van der Waals surface area contributed by atoms with Crippen LogP contribution < -0.4 is 0 Å². The van der Waals surface area contributed by atoms with Gasteiger partial charge in [-0.25, -0.2) is 0 Å². The molecule has 0 saturated heterocycles. The van der Waals surface area contributed by atoms with Crippen LogP contribution in [0.2, 0.25) is 0 Å². The van der Waals surface area contributed by atoms with E-state index in [9.17, 15) is 4.79 Å². The number of carbonyl (C=O) groups is 1. The van der Waals surface area contributed by atoms with E-state index in [-0.39, 0.29) is 0 Å². The smallest absolute Gasteiger partial charge is 0.150 e. The number of H-pyrrole nitrogens is 1. The van der Waals surface area contributed by atoms with Crippen molar-refractivity contribution < 1.29 is 4.79 Å². The zero-order valence-corrected chi connectivity index (χ0v) is 8.95. The second-order valence-corrected chi connectivity index (χ2v) is 3.97. The van der Waals surface area contributed by atoms with Crippen LogP contribution in [-0.4, -0.2) is 30.3 Å². The van der Waals surface area contributed by atoms with E-state index in [0.717, 1.165) is 18.3 Å². The molecule has 0 bridgehead atoms. The Balaban J connectivity index is 2.47. The van der Waals surface area contributed by atoms with E-state index in [2.05, 4.69) is 9.88 Å². The first kappa shape index (κ1) is 9.93. The molecule has 0 aliphatic carbocycles. The minimum atomic E-state index is 0.709. The highest BCUT2D eigenvalue weighted by Gasteiger charge is 2.04. The first-order valence-electron chi connectivity index (χ1n) is 4.90. The molecular formula is C12H14N2O. The van der Waals surface area contributed by atoms with Crippen LogP contribution in [-0.2, 0) is 6.54 Å². The summed E-state index contributed by atoms with van der Waals surface area (Å²) >= 11 is 0. The molecule has 2 rings (SSSR count). The summed E-state index contributed by atoms with van der Waals surface area (Å²) in [6.45, 7) is 0.903. The molecule has 0 amide bonds. The molecule has 2 aromatic rings. The second-order valence-electron chi connectivity index (χ2n) is 3.97. The minimum Gasteiger partial charge on any atom is -0.361 e. The molecule has 0 aliphatic heterocycles. The van der Waals surface area contributed by atoms with E-state index < -0.39 is 0 Å². The Bertz CT molecular complexity index is 485. The predicted molar refractivity (Wildman–Crippen MR) is 61.1 cm³/mol. The van der Waals surface area contributed by atoms with Gasteiger partial charge in [0.15, 0.2) is 0 Å². The Morgan fingerprint density at radius 2 is 2.20 bits per heavy atom. The van der Waals surface area contributed by atoms with Crippen molar-refractivity contribution in [2.24, 2.45) is 0 Å². The molecule has 0 fully saturated rings. The molecule has 0 unspecified atom stereocenters. The molecule has 0 saturated carbocycles. The van der Waals surface area contributed by atoms with Gasteiger partial charge in [0.2, 0.25) is 0 Å². The maximum Gasteiger partial charge on any atom is 0.150 e. The van der Waals surface area contributed by atoms with Crippen molar-refractivity contribution in [1.29, 1.82) is 0 Å². The second kappa shape index (κ2) is 3.87. The summed E-state index contributed by atoms with van der Waals surface area (Å²) in [5.74, 6) is 0. The van der Waals surface area contributed by atoms with Gasteiger partial charge >= 0.3 is 0 Å². The van der Waals surface area contributed by atoms with Gasteiger partial charge in [0.05, 0.1) is 0 Å². The van der Waals surface area contributed by atoms with E-state index >= 15 is 0 Å². The molecule has 0 radical (unpaired) electrons. The first-order valence-corrected chi connectivity index (χ1v) is 4.90. The molecular weight excluding hydrogens is 188 g/mol. The number of benzene rings is 1. The van der Waals surface area contributed by atoms with E-state index in [4.69, 9.17) is 0 Å². The van der Waals surface area contributed by atoms with Crippen molar-refractivity contribution in [2.45, 2.75) is 6.54 Å². The average molecular weight is 202 g/mol. The minimum absolute atomic E-state index is 0.709. The van der Waals surface area contributed by atoms with Crippen LogP contribution in [0, 0.1) is 0 Å². The SMILES string of the molecule is CN(C)Cc1c[nH]c2cc(C=O)ccc12. The Morgan fingerprint density at radius 1 is 1.40 bits per heavy atom. The van der Waals surface area contributed by atoms with Crippen LogP contribution in [0.4, 0.5) is 0 Å². The van der Waals surface area contributed by atoms with Crippen molar-refractivity contribution in [2.75, 3.05) is 14.1 Å². The fraction of sp³-hybridized carbons (Fsp3) is 0.250. The fourth-order valence-corrected chi connectivity index (χ4v) is 1.75. The third-order valence-corrected chi connectivity index (χ3v) is 2.41. The number of rotatable bonds is 3. The van der Waals surface area contributed by atoms with Gasteiger partial charge in [-0.1, -0.05) is 12.1 Å². The normalized spacial score (nSPS) is 11.1. The third kappa shape index (κ3) is 1.92. The molecule has 78 valence electrons. The number of nitrogens with one attached hydrogen (secondary N) is 1. The van der Waals surface area contributed by atoms with Gasteiger partial charge in [-0.15, -0.1) is 0 Å². The monoisotopic (exact) mass is 202 g/mol. The molecule has 0 atom stereocenters. The molecule has 3 nitrogen and oxygen atoms in total. The third-order valence-electron chi connectivity index (χ3n) is 2.41. The quantitative estimate of drug-likeness (QED) is 0.773. The van der Waals surface area contributed by atoms with Crippen molar-refractivity contribution >= 4 is 17.2 Å². The number of hydrogen-bond donors (Lipinski definition) is 1. The Morgan fingerprint density at radius 3 is 2.87 bits per heavy atom. The van der Waals surface area contributed by atoms with Gasteiger partial charge in [0.1, 0.15) is 6.29 Å². The number of fused-ring (bicyclic) bond motifs is 1. The summed E-state index contributed by atoms with van der Waals surface area (Å²) in [6, 6.07) is 5.72. The van der Waals surface area contributed by atoms with E-state index in [1.54, 1.807) is 0 Å². The van der Waals surface area contributed by atoms with Gasteiger partial charge in [0.25, 0.3) is 0 Å². The largest absolute Gasteiger partial charge is 0.361 e. The molecule has 1 aromatic heterocycles. The van der Waals surface area contributed by atoms with Gasteiger partial charge in [0, 0.05) is 29.2 Å². The Kier molecular flexibility index (Phi) is 2.56. The van der Waals surface area contributed by atoms with E-state index in [0.29, 0.717) is 5.56 Å². The first-order chi connectivity index (χ1) is 7.20. The molecule has 1 N–H and O–H groups in total. The number of aldehydes is 1. The fourth-order valence-electron chi connectivity index (χ4n) is 1.75. The van der Waals surface area contributed by atoms with Crippen molar-refractivity contribution in [3.63, 3.8) is 0 Å². The number of hydrogen-bond acceptors (Lipinski definition) is 2. The van der Waals surface area contributed by atoms with Crippen LogP contribution in [0.15, 0.2) is 24.4 Å². The van der Waals surface area contributed by atoms with Gasteiger partial charge in [-0.3, -0.25) is 4.79 Å². The summed E-state index contributed by atoms with van der Waals surface area (Å²) in [7, 11) is 4.08. The summed E-state index contributed by atoms with van der Waals surface area (Å²) < 4.78 is 0. The molecule has 1 aromatic carbocycles. The highest BCUT2D eigenvalue weighted by atomic mass is 16.1. The summed E-state index contributed by atoms with van der Waals surface area (Å²) in [6.07, 6.45) is 2.87. The highest BCUT2D eigenvalue weighted by Crippen LogP contribution is 2.19. The van der Waals surface area contributed by atoms with Gasteiger partial charge < -0.3 is 9.88 Å². The summed E-state index contributed by atoms with van der Waals surface area (Å²) in [5.41, 5.74) is 2.99. The molecule has 3 heteroatoms. The lowest BCUT2D eigenvalue weighted by molar-refractivity contribution is 0.112. The maximum atomic E-state index is 10.6. The van der Waals surface area contributed by atoms with Crippen LogP contribution in [0.25, 0.3) is 10.9 Å². The van der Waals surface area contributed by atoms with Crippen molar-refractivity contribution in [3.05, 3.63) is 35.5 Å². The summed E-state index contributed by atoms with van der Waals surface area (Å²) in [5, 5.41) is 1.19. The molecule has 1 heterocycles. The zero-order chi connectivity index (χ0) is 10.8. The van der Waals surface area contributed by atoms with Crippen LogP contribution in [0.5, 0.6) is 0 Å². The molecule has 0 aliphatic rings. The maximum absolute atomic E-state index is 10.6. The topological polar surface area (TPSA) is 36.1 Å². The lowest BCUT2D eigenvalue weighted by Crippen LogP contribution is -2.09. The van der Waals surface area contributed by atoms with Crippen LogP contribution >= 0.6 is 0 Å². The van der Waals surface area contributed by atoms with Crippen molar-refractivity contribution in [3.8, 4) is 0 Å². The predicted octanol–water partition coefficient (Wildman–Crippen LogP) is 2.04. The highest BCUT2D eigenvalue weighted by molar-refractivity contribution is 5.89. The number of nitrogens with zero attached hydrogens (tertiary/aromatic N) is 1. The Labute approximate surface area is 88.7 Å². The van der Waals surface area contributed by atoms with Gasteiger partial charge in [-0.2, -0.15) is 0 Å². The van der Waals surface area contributed by atoms with Gasteiger partial charge in [-0.05, 0) is 25.7 Å². The van der Waals surface area contributed by atoms with E-state index in [1.165, 1.54) is 10.9 Å². The Hall–Kier alpha value is -1.61. The van der Waals surface area contributed by atoms with Crippen LogP contribution in [0.3, 0.4) is 0 Å². The number of aromatic amines is 1. The molecule has 0 spiro atoms. The lowest BCUT2D eigenvalue weighted by atomic mass is 10.1. The standard InChI is InChI=1S/C12H14N2O/c1-14(2)7-10-6-13-12-5-9(8-15)3-4-11(10)12/h3-6,8,13H,7H2,1-2H3. The molecule has 15 heavy (non-hydrogen) atoms. The van der Waals surface area contributed by atoms with E-state index in [1.807, 2.05) is 38.5 Å². The van der Waals surface area contributed by atoms with Crippen molar-refractivity contribution in [1.82, 2.24) is 9.88 Å². The number of carbonyl (C=O) groups excluding carboxylic acids is 1. The zero-order valence-electron chi connectivity index (χ0n) is 8.95. The summed E-state index contributed by atoms with van der Waals surface area (Å²) in [4.78, 5) is 15.9. The number of aromatic nitrogens is 1. The lowest BCUT2D eigenvalue weighted by Gasteiger charge is -2.07. The van der Waals surface area contributed by atoms with Crippen LogP contribution in [0.1, 0.15) is 15.9 Å².